The van der Waals surface area contributed by atoms with Crippen molar-refractivity contribution < 1.29 is 17.6 Å². The van der Waals surface area contributed by atoms with Gasteiger partial charge in [-0.1, -0.05) is 0 Å². The highest BCUT2D eigenvalue weighted by molar-refractivity contribution is 7.92. The summed E-state index contributed by atoms with van der Waals surface area (Å²) in [6.45, 7) is 1.44. The number of fused-ring (bicyclic) bond motifs is 1. The molecule has 0 aliphatic carbocycles. The molecule has 0 spiro atoms. The molecule has 148 valence electrons. The second-order valence-corrected chi connectivity index (χ2v) is 8.01. The highest BCUT2D eigenvalue weighted by Crippen LogP contribution is 2.33. The van der Waals surface area contributed by atoms with Gasteiger partial charge in [0.1, 0.15) is 29.9 Å². The average Bonchev–Trinajstić information content (AvgIpc) is 3.23. The summed E-state index contributed by atoms with van der Waals surface area (Å²) in [5, 5.41) is 19.0. The fourth-order valence-corrected chi connectivity index (χ4v) is 4.29. The molecule has 1 aliphatic heterocycles. The Labute approximate surface area is 164 Å². The van der Waals surface area contributed by atoms with Crippen LogP contribution in [0.15, 0.2) is 24.5 Å². The third kappa shape index (κ3) is 3.21. The Morgan fingerprint density at radius 2 is 2.17 bits per heavy atom. The van der Waals surface area contributed by atoms with E-state index in [0.717, 1.165) is 5.56 Å². The third-order valence-corrected chi connectivity index (χ3v) is 5.89. The van der Waals surface area contributed by atoms with Crippen LogP contribution in [0.25, 0.3) is 10.9 Å². The lowest BCUT2D eigenvalue weighted by Gasteiger charge is -2.18. The number of halogens is 1. The molecule has 1 fully saturated rings. The normalized spacial score (nSPS) is 15.3. The summed E-state index contributed by atoms with van der Waals surface area (Å²) in [5.74, 6) is -1.06. The number of nitrogens with one attached hydrogen (secondary N) is 3. The van der Waals surface area contributed by atoms with Crippen molar-refractivity contribution in [2.45, 2.75) is 13.5 Å². The maximum absolute atomic E-state index is 14.9. The number of hydrogen-bond donors (Lipinski definition) is 3. The SMILES string of the molecule is Cc1cc(NCc2cc(F)c(N3CC(=O)NS3(=O)=O)c3[nH]ncc23)ncc1C#N. The van der Waals surface area contributed by atoms with Crippen LogP contribution in [-0.2, 0) is 21.5 Å². The maximum Gasteiger partial charge on any atom is 0.326 e. The van der Waals surface area contributed by atoms with Gasteiger partial charge < -0.3 is 5.32 Å². The summed E-state index contributed by atoms with van der Waals surface area (Å²) in [4.78, 5) is 15.6. The fraction of sp³-hybridized carbons (Fsp3) is 0.176. The van der Waals surface area contributed by atoms with Gasteiger partial charge in [-0.25, -0.2) is 18.4 Å². The number of nitriles is 1. The second-order valence-electron chi connectivity index (χ2n) is 6.41. The van der Waals surface area contributed by atoms with Crippen LogP contribution in [0.1, 0.15) is 16.7 Å². The van der Waals surface area contributed by atoms with E-state index in [2.05, 4.69) is 20.5 Å². The van der Waals surface area contributed by atoms with Crippen molar-refractivity contribution in [2.24, 2.45) is 0 Å². The number of anilines is 2. The van der Waals surface area contributed by atoms with Crippen molar-refractivity contribution in [1.82, 2.24) is 19.9 Å². The molecule has 3 N–H and O–H groups in total. The van der Waals surface area contributed by atoms with Crippen LogP contribution in [0.2, 0.25) is 0 Å². The van der Waals surface area contributed by atoms with E-state index in [0.29, 0.717) is 26.6 Å². The number of amides is 1. The molecule has 0 atom stereocenters. The summed E-state index contributed by atoms with van der Waals surface area (Å²) < 4.78 is 41.6. The summed E-state index contributed by atoms with van der Waals surface area (Å²) in [7, 11) is -4.17. The van der Waals surface area contributed by atoms with E-state index in [1.807, 2.05) is 10.8 Å². The van der Waals surface area contributed by atoms with Crippen molar-refractivity contribution in [1.29, 1.82) is 5.26 Å². The zero-order valence-electron chi connectivity index (χ0n) is 15.0. The lowest BCUT2D eigenvalue weighted by atomic mass is 10.1. The number of carbonyl (C=O) groups excluding carboxylic acids is 1. The number of aromatic amines is 1. The number of nitrogens with zero attached hydrogens (tertiary/aromatic N) is 4. The van der Waals surface area contributed by atoms with Crippen LogP contribution in [0, 0.1) is 24.1 Å². The minimum atomic E-state index is -4.17. The van der Waals surface area contributed by atoms with Crippen molar-refractivity contribution in [3.05, 3.63) is 47.0 Å². The molecule has 1 aliphatic rings. The summed E-state index contributed by atoms with van der Waals surface area (Å²) in [6.07, 6.45) is 2.89. The van der Waals surface area contributed by atoms with Crippen molar-refractivity contribution in [2.75, 3.05) is 16.2 Å². The molecule has 29 heavy (non-hydrogen) atoms. The minimum absolute atomic E-state index is 0.158. The number of benzene rings is 1. The molecule has 4 rings (SSSR count). The van der Waals surface area contributed by atoms with E-state index in [4.69, 9.17) is 5.26 Å². The highest BCUT2D eigenvalue weighted by atomic mass is 32.2. The van der Waals surface area contributed by atoms with Crippen LogP contribution in [-0.4, -0.2) is 36.1 Å². The van der Waals surface area contributed by atoms with E-state index in [1.165, 1.54) is 18.5 Å². The third-order valence-electron chi connectivity index (χ3n) is 4.51. The number of rotatable bonds is 4. The number of H-pyrrole nitrogens is 1. The van der Waals surface area contributed by atoms with E-state index < -0.39 is 28.5 Å². The van der Waals surface area contributed by atoms with E-state index in [-0.39, 0.29) is 17.7 Å². The first kappa shape index (κ1) is 18.6. The van der Waals surface area contributed by atoms with Crippen molar-refractivity contribution in [3.8, 4) is 6.07 Å². The van der Waals surface area contributed by atoms with Gasteiger partial charge in [-0.2, -0.15) is 18.8 Å². The molecule has 2 aromatic heterocycles. The van der Waals surface area contributed by atoms with E-state index in [1.54, 1.807) is 13.0 Å². The number of carbonyl (C=O) groups is 1. The number of pyridine rings is 1. The first-order valence-electron chi connectivity index (χ1n) is 8.38. The smallest absolute Gasteiger partial charge is 0.326 e. The molecule has 1 aromatic carbocycles. The second kappa shape index (κ2) is 6.71. The van der Waals surface area contributed by atoms with Gasteiger partial charge in [0.05, 0.1) is 17.3 Å². The number of aromatic nitrogens is 3. The molecule has 3 aromatic rings. The topological polar surface area (TPSA) is 144 Å². The molecule has 0 unspecified atom stereocenters. The van der Waals surface area contributed by atoms with Crippen LogP contribution in [0.3, 0.4) is 0 Å². The molecule has 10 nitrogen and oxygen atoms in total. The summed E-state index contributed by atoms with van der Waals surface area (Å²) >= 11 is 0. The molecule has 1 saturated heterocycles. The predicted molar refractivity (Wildman–Crippen MR) is 101 cm³/mol. The van der Waals surface area contributed by atoms with Gasteiger partial charge in [-0.05, 0) is 30.2 Å². The van der Waals surface area contributed by atoms with Gasteiger partial charge in [-0.3, -0.25) is 9.89 Å². The molecular formula is C17H14FN7O3S. The Hall–Kier alpha value is -3.72. The fourth-order valence-electron chi connectivity index (χ4n) is 3.12. The van der Waals surface area contributed by atoms with Gasteiger partial charge in [0.25, 0.3) is 5.91 Å². The van der Waals surface area contributed by atoms with Crippen molar-refractivity contribution in [3.63, 3.8) is 0 Å². The number of aryl methyl sites for hydroxylation is 1. The van der Waals surface area contributed by atoms with Gasteiger partial charge >= 0.3 is 10.2 Å². The van der Waals surface area contributed by atoms with Crippen LogP contribution < -0.4 is 14.3 Å². The highest BCUT2D eigenvalue weighted by Gasteiger charge is 2.37. The average molecular weight is 415 g/mol. The van der Waals surface area contributed by atoms with Crippen LogP contribution in [0.5, 0.6) is 0 Å². The predicted octanol–water partition coefficient (Wildman–Crippen LogP) is 1.07. The summed E-state index contributed by atoms with van der Waals surface area (Å²) in [5.41, 5.74) is 1.60. The Balaban J connectivity index is 1.70. The molecule has 0 saturated carbocycles. The largest absolute Gasteiger partial charge is 0.366 e. The maximum atomic E-state index is 14.9. The zero-order chi connectivity index (χ0) is 20.8. The Kier molecular flexibility index (Phi) is 4.31. The molecule has 0 radical (unpaired) electrons. The molecular weight excluding hydrogens is 401 g/mol. The molecule has 1 amide bonds. The van der Waals surface area contributed by atoms with Crippen LogP contribution >= 0.6 is 0 Å². The number of hydrogen-bond acceptors (Lipinski definition) is 7. The summed E-state index contributed by atoms with van der Waals surface area (Å²) in [6, 6.07) is 4.92. The first-order valence-corrected chi connectivity index (χ1v) is 9.82. The monoisotopic (exact) mass is 415 g/mol. The van der Waals surface area contributed by atoms with Crippen molar-refractivity contribution >= 4 is 38.5 Å². The quantitative estimate of drug-likeness (QED) is 0.578. The lowest BCUT2D eigenvalue weighted by Crippen LogP contribution is -2.30. The molecule has 3 heterocycles. The standard InChI is InChI=1S/C17H14FN7O3S/c1-9-2-14(21-6-11(9)4-19)20-5-10-3-13(18)17(16-12(10)7-22-23-16)25-8-15(26)24-29(25,27)28/h2-3,6-7H,5,8H2,1H3,(H,20,21)(H,22,23)(H,24,26). The molecule has 12 heteroatoms. The zero-order valence-corrected chi connectivity index (χ0v) is 15.8. The Morgan fingerprint density at radius 3 is 2.83 bits per heavy atom. The van der Waals surface area contributed by atoms with Gasteiger partial charge in [0.15, 0.2) is 0 Å². The van der Waals surface area contributed by atoms with Gasteiger partial charge in [0, 0.05) is 18.1 Å². The Bertz CT molecular complexity index is 1300. The van der Waals surface area contributed by atoms with Crippen LogP contribution in [0.4, 0.5) is 15.9 Å². The van der Waals surface area contributed by atoms with Gasteiger partial charge in [-0.15, -0.1) is 0 Å². The minimum Gasteiger partial charge on any atom is -0.366 e. The molecule has 0 bridgehead atoms. The lowest BCUT2D eigenvalue weighted by molar-refractivity contribution is -0.117. The van der Waals surface area contributed by atoms with E-state index in [9.17, 15) is 17.6 Å². The van der Waals surface area contributed by atoms with E-state index >= 15 is 0 Å². The first-order chi connectivity index (χ1) is 13.8. The Morgan fingerprint density at radius 1 is 1.38 bits per heavy atom. The van der Waals surface area contributed by atoms with Gasteiger partial charge in [0.2, 0.25) is 0 Å².